The second-order valence-electron chi connectivity index (χ2n) is 7.58. The highest BCUT2D eigenvalue weighted by Gasteiger charge is 2.32. The summed E-state index contributed by atoms with van der Waals surface area (Å²) < 4.78 is 0. The molecule has 1 atom stereocenters. The van der Waals surface area contributed by atoms with E-state index in [1.165, 1.54) is 0 Å². The van der Waals surface area contributed by atoms with E-state index in [2.05, 4.69) is 16.8 Å². The Bertz CT molecular complexity index is 874. The number of likely N-dealkylation sites (N-methyl/N-ethyl adjacent to an activating group) is 1. The number of aromatic hydroxyl groups is 1. The van der Waals surface area contributed by atoms with E-state index in [1.54, 1.807) is 6.07 Å². The zero-order valence-corrected chi connectivity index (χ0v) is 15.6. The molecule has 0 bridgehead atoms. The number of anilines is 1. The van der Waals surface area contributed by atoms with Crippen molar-refractivity contribution >= 4 is 28.7 Å². The first-order valence-corrected chi connectivity index (χ1v) is 9.50. The van der Waals surface area contributed by atoms with Crippen LogP contribution in [0.3, 0.4) is 0 Å². The summed E-state index contributed by atoms with van der Waals surface area (Å²) in [6.07, 6.45) is 1.57. The van der Waals surface area contributed by atoms with Crippen molar-refractivity contribution in [3.05, 3.63) is 35.9 Å². The number of piperazine rings is 1. The summed E-state index contributed by atoms with van der Waals surface area (Å²) in [4.78, 5) is 30.6. The molecule has 2 saturated heterocycles. The largest absolute Gasteiger partial charge is 0.507 e. The van der Waals surface area contributed by atoms with Crippen molar-refractivity contribution in [2.45, 2.75) is 6.42 Å². The first kappa shape index (κ1) is 17.8. The lowest BCUT2D eigenvalue weighted by Crippen LogP contribution is -2.49. The molecular formula is C21H25N3O3. The highest BCUT2D eigenvalue weighted by molar-refractivity contribution is 6.01. The van der Waals surface area contributed by atoms with Crippen molar-refractivity contribution < 1.29 is 14.7 Å². The Morgan fingerprint density at radius 3 is 2.63 bits per heavy atom. The molecule has 0 spiro atoms. The number of aldehydes is 1. The first-order valence-electron chi connectivity index (χ1n) is 9.50. The number of phenolic OH excluding ortho intramolecular Hbond substituents is 1. The molecule has 27 heavy (non-hydrogen) atoms. The molecule has 2 heterocycles. The highest BCUT2D eigenvalue weighted by Crippen LogP contribution is 2.31. The monoisotopic (exact) mass is 367 g/mol. The number of carbonyl (C=O) groups is 2. The Morgan fingerprint density at radius 1 is 1.11 bits per heavy atom. The van der Waals surface area contributed by atoms with Crippen molar-refractivity contribution in [2.24, 2.45) is 5.92 Å². The maximum atomic E-state index is 12.8. The topological polar surface area (TPSA) is 64.1 Å². The van der Waals surface area contributed by atoms with Crippen LogP contribution in [0.15, 0.2) is 30.3 Å². The molecule has 1 N–H and O–H groups in total. The van der Waals surface area contributed by atoms with Crippen LogP contribution >= 0.6 is 0 Å². The summed E-state index contributed by atoms with van der Waals surface area (Å²) in [5.41, 5.74) is 1.38. The molecule has 142 valence electrons. The van der Waals surface area contributed by atoms with Gasteiger partial charge in [0.05, 0.1) is 11.5 Å². The Kier molecular flexibility index (Phi) is 4.74. The van der Waals surface area contributed by atoms with E-state index in [-0.39, 0.29) is 17.6 Å². The van der Waals surface area contributed by atoms with Gasteiger partial charge in [-0.2, -0.15) is 0 Å². The summed E-state index contributed by atoms with van der Waals surface area (Å²) in [6.45, 7) is 5.11. The van der Waals surface area contributed by atoms with Gasteiger partial charge in [0.1, 0.15) is 5.75 Å². The number of hydrogen-bond donors (Lipinski definition) is 1. The minimum Gasteiger partial charge on any atom is -0.507 e. The minimum absolute atomic E-state index is 0.00394. The molecule has 1 unspecified atom stereocenters. The van der Waals surface area contributed by atoms with Crippen LogP contribution in [0.4, 0.5) is 5.69 Å². The average Bonchev–Trinajstić information content (AvgIpc) is 3.18. The summed E-state index contributed by atoms with van der Waals surface area (Å²) in [5.74, 6) is 0.332. The Hall–Kier alpha value is -2.60. The van der Waals surface area contributed by atoms with Gasteiger partial charge in [0.15, 0.2) is 6.29 Å². The molecule has 4 rings (SSSR count). The van der Waals surface area contributed by atoms with E-state index in [4.69, 9.17) is 0 Å². The molecular weight excluding hydrogens is 342 g/mol. The molecule has 0 radical (unpaired) electrons. The second-order valence-corrected chi connectivity index (χ2v) is 7.58. The fourth-order valence-corrected chi connectivity index (χ4v) is 4.13. The third-order valence-corrected chi connectivity index (χ3v) is 5.86. The number of hydrogen-bond acceptors (Lipinski definition) is 5. The van der Waals surface area contributed by atoms with Crippen molar-refractivity contribution in [3.8, 4) is 5.75 Å². The van der Waals surface area contributed by atoms with Gasteiger partial charge in [-0.25, -0.2) is 0 Å². The third-order valence-electron chi connectivity index (χ3n) is 5.86. The molecule has 0 saturated carbocycles. The van der Waals surface area contributed by atoms with Gasteiger partial charge >= 0.3 is 0 Å². The van der Waals surface area contributed by atoms with E-state index in [1.807, 2.05) is 29.2 Å². The lowest BCUT2D eigenvalue weighted by molar-refractivity contribution is -0.136. The van der Waals surface area contributed by atoms with Crippen LogP contribution in [0.1, 0.15) is 16.8 Å². The SMILES string of the molecule is CN1CCN(C(=O)C2CCN(c3ccc4c(C=O)c(O)ccc4c3)C2)CC1. The Balaban J connectivity index is 1.49. The van der Waals surface area contributed by atoms with Crippen LogP contribution in [-0.2, 0) is 4.79 Å². The predicted octanol–water partition coefficient (Wildman–Crippen LogP) is 1.96. The summed E-state index contributed by atoms with van der Waals surface area (Å²) in [5, 5.41) is 11.5. The van der Waals surface area contributed by atoms with Gasteiger partial charge in [0.25, 0.3) is 0 Å². The van der Waals surface area contributed by atoms with E-state index in [0.717, 1.165) is 62.1 Å². The van der Waals surface area contributed by atoms with Crippen molar-refractivity contribution in [3.63, 3.8) is 0 Å². The summed E-state index contributed by atoms with van der Waals surface area (Å²) in [6, 6.07) is 9.26. The zero-order valence-electron chi connectivity index (χ0n) is 15.6. The minimum atomic E-state index is 0.00394. The molecule has 6 heteroatoms. The number of rotatable bonds is 3. The maximum absolute atomic E-state index is 12.8. The van der Waals surface area contributed by atoms with E-state index >= 15 is 0 Å². The molecule has 0 aromatic heterocycles. The van der Waals surface area contributed by atoms with Crippen LogP contribution in [0.5, 0.6) is 5.75 Å². The number of amides is 1. The van der Waals surface area contributed by atoms with Gasteiger partial charge in [-0.3, -0.25) is 9.59 Å². The quantitative estimate of drug-likeness (QED) is 0.841. The number of nitrogens with zero attached hydrogens (tertiary/aromatic N) is 3. The third kappa shape index (κ3) is 3.37. The van der Waals surface area contributed by atoms with Gasteiger partial charge in [-0.15, -0.1) is 0 Å². The van der Waals surface area contributed by atoms with E-state index in [9.17, 15) is 14.7 Å². The van der Waals surface area contributed by atoms with Gasteiger partial charge in [0, 0.05) is 45.0 Å². The first-order chi connectivity index (χ1) is 13.1. The number of fused-ring (bicyclic) bond motifs is 1. The van der Waals surface area contributed by atoms with Crippen LogP contribution in [0.2, 0.25) is 0 Å². The molecule has 0 aliphatic carbocycles. The smallest absolute Gasteiger partial charge is 0.227 e. The fraction of sp³-hybridized carbons (Fsp3) is 0.429. The maximum Gasteiger partial charge on any atom is 0.227 e. The number of benzene rings is 2. The van der Waals surface area contributed by atoms with Crippen molar-refractivity contribution in [1.29, 1.82) is 0 Å². The predicted molar refractivity (Wildman–Crippen MR) is 105 cm³/mol. The summed E-state index contributed by atoms with van der Waals surface area (Å²) >= 11 is 0. The number of phenols is 1. The van der Waals surface area contributed by atoms with E-state index < -0.39 is 0 Å². The van der Waals surface area contributed by atoms with Crippen LogP contribution in [0, 0.1) is 5.92 Å². The highest BCUT2D eigenvalue weighted by atomic mass is 16.3. The van der Waals surface area contributed by atoms with Gasteiger partial charge in [-0.1, -0.05) is 12.1 Å². The Labute approximate surface area is 159 Å². The molecule has 1 amide bonds. The van der Waals surface area contributed by atoms with Crippen molar-refractivity contribution in [1.82, 2.24) is 9.80 Å². The van der Waals surface area contributed by atoms with Crippen LogP contribution < -0.4 is 4.90 Å². The Morgan fingerprint density at radius 2 is 1.89 bits per heavy atom. The molecule has 2 fully saturated rings. The molecule has 2 aromatic carbocycles. The average molecular weight is 367 g/mol. The molecule has 2 aliphatic heterocycles. The number of carbonyl (C=O) groups excluding carboxylic acids is 2. The van der Waals surface area contributed by atoms with Gasteiger partial charge in [-0.05, 0) is 42.4 Å². The zero-order chi connectivity index (χ0) is 19.0. The molecule has 6 nitrogen and oxygen atoms in total. The normalized spacial score (nSPS) is 21.0. The van der Waals surface area contributed by atoms with Gasteiger partial charge in [0.2, 0.25) is 5.91 Å². The summed E-state index contributed by atoms with van der Waals surface area (Å²) in [7, 11) is 2.09. The molecule has 2 aliphatic rings. The molecule has 2 aromatic rings. The second kappa shape index (κ2) is 7.19. The van der Waals surface area contributed by atoms with Crippen LogP contribution in [0.25, 0.3) is 10.8 Å². The lowest BCUT2D eigenvalue weighted by Gasteiger charge is -2.34. The van der Waals surface area contributed by atoms with E-state index in [0.29, 0.717) is 11.8 Å². The van der Waals surface area contributed by atoms with Crippen molar-refractivity contribution in [2.75, 3.05) is 51.2 Å². The fourth-order valence-electron chi connectivity index (χ4n) is 4.13. The van der Waals surface area contributed by atoms with Crippen LogP contribution in [-0.4, -0.2) is 73.4 Å². The van der Waals surface area contributed by atoms with Gasteiger partial charge < -0.3 is 19.8 Å². The standard InChI is InChI=1S/C21H25N3O3/c1-22-8-10-23(11-9-22)21(27)16-6-7-24(13-16)17-3-4-18-15(12-17)2-5-20(26)19(18)14-25/h2-5,12,14,16,26H,6-11,13H2,1H3. The lowest BCUT2D eigenvalue weighted by atomic mass is 10.0.